The first kappa shape index (κ1) is 18.1. The van der Waals surface area contributed by atoms with Crippen molar-refractivity contribution in [3.63, 3.8) is 0 Å². The molecule has 0 aliphatic carbocycles. The monoisotopic (exact) mass is 391 g/mol. The van der Waals surface area contributed by atoms with Crippen LogP contribution in [0.5, 0.6) is 0 Å². The number of nitrogens with zero attached hydrogens (tertiary/aromatic N) is 2. The van der Waals surface area contributed by atoms with Crippen LogP contribution in [0.2, 0.25) is 0 Å². The van der Waals surface area contributed by atoms with E-state index in [-0.39, 0.29) is 11.4 Å². The lowest BCUT2D eigenvalue weighted by Gasteiger charge is -2.07. The molecule has 0 radical (unpaired) electrons. The van der Waals surface area contributed by atoms with Gasteiger partial charge in [0, 0.05) is 30.1 Å². The number of sulfonamides is 1. The number of oxazole rings is 1. The van der Waals surface area contributed by atoms with Crippen LogP contribution in [-0.2, 0) is 16.6 Å². The Morgan fingerprint density at radius 3 is 2.36 bits per heavy atom. The zero-order valence-electron chi connectivity index (χ0n) is 14.8. The minimum atomic E-state index is -3.62. The first-order chi connectivity index (χ1) is 13.6. The number of benzene rings is 2. The molecule has 4 rings (SSSR count). The van der Waals surface area contributed by atoms with E-state index in [0.29, 0.717) is 17.2 Å². The lowest BCUT2D eigenvalue weighted by Crippen LogP contribution is -2.23. The molecule has 0 fully saturated rings. The highest BCUT2D eigenvalue weighted by Crippen LogP contribution is 2.26. The summed E-state index contributed by atoms with van der Waals surface area (Å²) in [6, 6.07) is 19.7. The molecule has 2 aromatic heterocycles. The molecule has 0 aliphatic rings. The van der Waals surface area contributed by atoms with Crippen LogP contribution in [0, 0.1) is 0 Å². The number of aromatic nitrogens is 2. The highest BCUT2D eigenvalue weighted by atomic mass is 32.2. The van der Waals surface area contributed by atoms with E-state index in [2.05, 4.69) is 14.7 Å². The average molecular weight is 391 g/mol. The molecular weight excluding hydrogens is 374 g/mol. The molecule has 0 amide bonds. The maximum atomic E-state index is 12.5. The molecule has 0 saturated carbocycles. The summed E-state index contributed by atoms with van der Waals surface area (Å²) in [6.07, 6.45) is 4.92. The minimum Gasteiger partial charge on any atom is -0.436 e. The molecule has 0 bridgehead atoms. The Balaban J connectivity index is 1.50. The Morgan fingerprint density at radius 2 is 1.64 bits per heavy atom. The molecule has 0 unspecified atom stereocenters. The quantitative estimate of drug-likeness (QED) is 0.539. The fourth-order valence-corrected chi connectivity index (χ4v) is 3.70. The van der Waals surface area contributed by atoms with Crippen molar-refractivity contribution in [2.75, 3.05) is 0 Å². The maximum absolute atomic E-state index is 12.5. The van der Waals surface area contributed by atoms with Crippen LogP contribution < -0.4 is 4.72 Å². The fraction of sp³-hybridized carbons (Fsp3) is 0.0476. The van der Waals surface area contributed by atoms with E-state index >= 15 is 0 Å². The largest absolute Gasteiger partial charge is 0.436 e. The van der Waals surface area contributed by atoms with Crippen molar-refractivity contribution >= 4 is 10.0 Å². The van der Waals surface area contributed by atoms with Gasteiger partial charge in [-0.25, -0.2) is 18.1 Å². The summed E-state index contributed by atoms with van der Waals surface area (Å²) in [5.41, 5.74) is 2.42. The molecular formula is C21H17N3O3S. The van der Waals surface area contributed by atoms with Crippen LogP contribution in [0.1, 0.15) is 5.56 Å². The average Bonchev–Trinajstić information content (AvgIpc) is 3.24. The Bertz CT molecular complexity index is 1160. The van der Waals surface area contributed by atoms with Gasteiger partial charge in [0.2, 0.25) is 15.9 Å². The van der Waals surface area contributed by atoms with Crippen molar-refractivity contribution in [2.45, 2.75) is 11.4 Å². The van der Waals surface area contributed by atoms with Crippen LogP contribution in [0.25, 0.3) is 22.8 Å². The lowest BCUT2D eigenvalue weighted by molar-refractivity contribution is 0.580. The van der Waals surface area contributed by atoms with Gasteiger partial charge < -0.3 is 4.42 Å². The van der Waals surface area contributed by atoms with E-state index in [4.69, 9.17) is 4.42 Å². The maximum Gasteiger partial charge on any atom is 0.240 e. The van der Waals surface area contributed by atoms with E-state index in [1.54, 1.807) is 36.8 Å². The Kier molecular flexibility index (Phi) is 5.01. The molecule has 7 heteroatoms. The van der Waals surface area contributed by atoms with Crippen molar-refractivity contribution in [1.82, 2.24) is 14.7 Å². The van der Waals surface area contributed by atoms with Crippen LogP contribution in [0.15, 0.2) is 94.6 Å². The van der Waals surface area contributed by atoms with E-state index in [1.807, 2.05) is 36.4 Å². The van der Waals surface area contributed by atoms with Gasteiger partial charge in [-0.1, -0.05) is 36.4 Å². The summed E-state index contributed by atoms with van der Waals surface area (Å²) in [5, 5.41) is 0. The second-order valence-corrected chi connectivity index (χ2v) is 7.87. The topological polar surface area (TPSA) is 85.1 Å². The minimum absolute atomic E-state index is 0.176. The number of hydrogen-bond donors (Lipinski definition) is 1. The SMILES string of the molecule is O=S(=O)(NCc1cccnc1)c1ccc(-c2ncc(-c3ccccc3)o2)cc1. The lowest BCUT2D eigenvalue weighted by atomic mass is 10.2. The molecule has 2 aromatic carbocycles. The van der Waals surface area contributed by atoms with E-state index in [0.717, 1.165) is 11.1 Å². The highest BCUT2D eigenvalue weighted by molar-refractivity contribution is 7.89. The summed E-state index contributed by atoms with van der Waals surface area (Å²) >= 11 is 0. The molecule has 0 spiro atoms. The van der Waals surface area contributed by atoms with Crippen molar-refractivity contribution < 1.29 is 12.8 Å². The number of hydrogen-bond acceptors (Lipinski definition) is 5. The number of nitrogens with one attached hydrogen (secondary N) is 1. The van der Waals surface area contributed by atoms with E-state index in [1.165, 1.54) is 12.1 Å². The first-order valence-electron chi connectivity index (χ1n) is 8.62. The highest BCUT2D eigenvalue weighted by Gasteiger charge is 2.15. The van der Waals surface area contributed by atoms with Crippen molar-refractivity contribution in [3.05, 3.63) is 90.9 Å². The zero-order valence-corrected chi connectivity index (χ0v) is 15.6. The predicted octanol–water partition coefficient (Wildman–Crippen LogP) is 3.88. The molecule has 0 atom stereocenters. The molecule has 2 heterocycles. The van der Waals surface area contributed by atoms with Crippen LogP contribution in [-0.4, -0.2) is 18.4 Å². The summed E-state index contributed by atoms with van der Waals surface area (Å²) in [4.78, 5) is 8.44. The summed E-state index contributed by atoms with van der Waals surface area (Å²) < 4.78 is 33.3. The molecule has 0 aliphatic heterocycles. The smallest absolute Gasteiger partial charge is 0.240 e. The first-order valence-corrected chi connectivity index (χ1v) is 10.1. The van der Waals surface area contributed by atoms with Gasteiger partial charge in [-0.15, -0.1) is 0 Å². The Morgan fingerprint density at radius 1 is 0.857 bits per heavy atom. The van der Waals surface area contributed by atoms with Gasteiger partial charge in [-0.3, -0.25) is 4.98 Å². The number of pyridine rings is 1. The van der Waals surface area contributed by atoms with Gasteiger partial charge in [0.1, 0.15) is 0 Å². The van der Waals surface area contributed by atoms with Crippen LogP contribution >= 0.6 is 0 Å². The Hall–Kier alpha value is -3.29. The van der Waals surface area contributed by atoms with Crippen molar-refractivity contribution in [3.8, 4) is 22.8 Å². The summed E-state index contributed by atoms with van der Waals surface area (Å²) in [6.45, 7) is 0.179. The molecule has 6 nitrogen and oxygen atoms in total. The van der Waals surface area contributed by atoms with Gasteiger partial charge in [0.15, 0.2) is 5.76 Å². The van der Waals surface area contributed by atoms with Gasteiger partial charge in [0.05, 0.1) is 11.1 Å². The van der Waals surface area contributed by atoms with Gasteiger partial charge in [0.25, 0.3) is 0 Å². The number of rotatable bonds is 6. The third kappa shape index (κ3) is 4.00. The van der Waals surface area contributed by atoms with Gasteiger partial charge in [-0.2, -0.15) is 0 Å². The Labute approximate surface area is 163 Å². The van der Waals surface area contributed by atoms with Crippen LogP contribution in [0.3, 0.4) is 0 Å². The summed E-state index contributed by atoms with van der Waals surface area (Å²) in [7, 11) is -3.62. The second-order valence-electron chi connectivity index (χ2n) is 6.11. The molecule has 4 aromatic rings. The van der Waals surface area contributed by atoms with E-state index < -0.39 is 10.0 Å². The van der Waals surface area contributed by atoms with E-state index in [9.17, 15) is 8.42 Å². The molecule has 0 saturated heterocycles. The molecule has 28 heavy (non-hydrogen) atoms. The third-order valence-corrected chi connectivity index (χ3v) is 5.58. The molecule has 140 valence electrons. The molecule has 1 N–H and O–H groups in total. The summed E-state index contributed by atoms with van der Waals surface area (Å²) in [5.74, 6) is 1.09. The second kappa shape index (κ2) is 7.75. The van der Waals surface area contributed by atoms with Gasteiger partial charge >= 0.3 is 0 Å². The third-order valence-electron chi connectivity index (χ3n) is 4.16. The predicted molar refractivity (Wildman–Crippen MR) is 106 cm³/mol. The normalized spacial score (nSPS) is 11.4. The van der Waals surface area contributed by atoms with Crippen LogP contribution in [0.4, 0.5) is 0 Å². The standard InChI is InChI=1S/C21H17N3O3S/c25-28(26,24-14-16-5-4-12-22-13-16)19-10-8-18(9-11-19)21-23-15-20(27-21)17-6-2-1-3-7-17/h1-13,15,24H,14H2. The van der Waals surface area contributed by atoms with Crippen molar-refractivity contribution in [1.29, 1.82) is 0 Å². The zero-order chi connectivity index (χ0) is 19.4. The van der Waals surface area contributed by atoms with Crippen molar-refractivity contribution in [2.24, 2.45) is 0 Å². The van der Waals surface area contributed by atoms with Gasteiger partial charge in [-0.05, 0) is 35.9 Å². The fourth-order valence-electron chi connectivity index (χ4n) is 2.68.